The molecule has 1 fully saturated rings. The SMILES string of the molecule is CC(=O)CCc1cnc(N2CCC(c3cc(Cl)c(Cl)c(Cl)c3)(C(F)(F)F)C2)nc1C(F)(F)F. The fourth-order valence-electron chi connectivity index (χ4n) is 3.73. The summed E-state index contributed by atoms with van der Waals surface area (Å²) >= 11 is 17.7. The van der Waals surface area contributed by atoms with Gasteiger partial charge in [0.25, 0.3) is 0 Å². The number of Topliss-reactive ketones (excluding diaryl/α,β-unsaturated/α-hetero) is 1. The maximum absolute atomic E-state index is 14.3. The van der Waals surface area contributed by atoms with Gasteiger partial charge >= 0.3 is 12.4 Å². The molecule has 3 rings (SSSR count). The predicted octanol–water partition coefficient (Wildman–Crippen LogP) is 6.69. The number of nitrogens with zero attached hydrogens (tertiary/aromatic N) is 3. The Morgan fingerprint density at radius 1 is 1.12 bits per heavy atom. The first kappa shape index (κ1) is 25.8. The number of halogens is 9. The summed E-state index contributed by atoms with van der Waals surface area (Å²) in [5.74, 6) is -0.812. The van der Waals surface area contributed by atoms with Crippen LogP contribution in [-0.2, 0) is 22.8 Å². The zero-order valence-corrected chi connectivity index (χ0v) is 19.2. The minimum absolute atomic E-state index is 0.103. The molecule has 2 heterocycles. The highest BCUT2D eigenvalue weighted by molar-refractivity contribution is 6.48. The molecule has 13 heteroatoms. The van der Waals surface area contributed by atoms with Gasteiger partial charge < -0.3 is 9.69 Å². The number of hydrogen-bond donors (Lipinski definition) is 0. The lowest BCUT2D eigenvalue weighted by Crippen LogP contribution is -2.45. The van der Waals surface area contributed by atoms with Crippen molar-refractivity contribution in [2.75, 3.05) is 18.0 Å². The molecule has 1 aliphatic heterocycles. The van der Waals surface area contributed by atoms with Crippen LogP contribution in [0, 0.1) is 0 Å². The van der Waals surface area contributed by atoms with E-state index in [9.17, 15) is 31.1 Å². The average Bonchev–Trinajstić information content (AvgIpc) is 3.16. The smallest absolute Gasteiger partial charge is 0.340 e. The molecule has 1 aromatic heterocycles. The standard InChI is InChI=1S/C20H16Cl3F6N3O/c1-10(33)2-3-11-8-30-17(31-16(11)19(24,25)26)32-5-4-18(9-32,20(27,28)29)12-6-13(21)15(23)14(22)7-12/h6-8H,2-5,9H2,1H3. The maximum atomic E-state index is 14.3. The van der Waals surface area contributed by atoms with Crippen LogP contribution >= 0.6 is 34.8 Å². The minimum atomic E-state index is -4.87. The van der Waals surface area contributed by atoms with Gasteiger partial charge in [-0.15, -0.1) is 0 Å². The average molecular weight is 535 g/mol. The molecule has 1 saturated heterocycles. The largest absolute Gasteiger partial charge is 0.433 e. The molecule has 4 nitrogen and oxygen atoms in total. The van der Waals surface area contributed by atoms with Crippen molar-refractivity contribution in [3.63, 3.8) is 0 Å². The third-order valence-corrected chi connectivity index (χ3v) is 6.69. The first-order chi connectivity index (χ1) is 15.2. The molecule has 180 valence electrons. The van der Waals surface area contributed by atoms with E-state index in [4.69, 9.17) is 34.8 Å². The molecule has 0 N–H and O–H groups in total. The van der Waals surface area contributed by atoms with Crippen LogP contribution in [0.4, 0.5) is 32.3 Å². The van der Waals surface area contributed by atoms with Gasteiger partial charge in [0.05, 0.1) is 15.1 Å². The van der Waals surface area contributed by atoms with E-state index in [1.54, 1.807) is 0 Å². The summed E-state index contributed by atoms with van der Waals surface area (Å²) in [5.41, 5.74) is -4.32. The van der Waals surface area contributed by atoms with Gasteiger partial charge in [0, 0.05) is 31.3 Å². The summed E-state index contributed by atoms with van der Waals surface area (Å²) in [7, 11) is 0. The first-order valence-corrected chi connectivity index (χ1v) is 10.7. The number of rotatable bonds is 5. The predicted molar refractivity (Wildman–Crippen MR) is 112 cm³/mol. The van der Waals surface area contributed by atoms with E-state index in [0.29, 0.717) is 0 Å². The topological polar surface area (TPSA) is 46.1 Å². The number of ketones is 1. The number of aryl methyl sites for hydroxylation is 1. The lowest BCUT2D eigenvalue weighted by Gasteiger charge is -2.32. The number of alkyl halides is 6. The molecule has 1 atom stereocenters. The Hall–Kier alpha value is -1.78. The summed E-state index contributed by atoms with van der Waals surface area (Å²) in [6.45, 7) is 0.231. The Balaban J connectivity index is 2.02. The summed E-state index contributed by atoms with van der Waals surface area (Å²) < 4.78 is 83.5. The quantitative estimate of drug-likeness (QED) is 0.317. The van der Waals surface area contributed by atoms with E-state index in [0.717, 1.165) is 23.2 Å². The third kappa shape index (κ3) is 5.17. The van der Waals surface area contributed by atoms with Crippen LogP contribution in [0.25, 0.3) is 0 Å². The number of benzene rings is 1. The highest BCUT2D eigenvalue weighted by Crippen LogP contribution is 2.50. The maximum Gasteiger partial charge on any atom is 0.433 e. The van der Waals surface area contributed by atoms with E-state index in [1.165, 1.54) is 6.92 Å². The normalized spacial score (nSPS) is 19.3. The second-order valence-electron chi connectivity index (χ2n) is 7.75. The molecule has 0 amide bonds. The summed E-state index contributed by atoms with van der Waals surface area (Å²) in [6.07, 6.45) is -9.62. The van der Waals surface area contributed by atoms with Gasteiger partial charge in [0.1, 0.15) is 11.2 Å². The Morgan fingerprint density at radius 2 is 1.73 bits per heavy atom. The summed E-state index contributed by atoms with van der Waals surface area (Å²) in [6, 6.07) is 2.11. The van der Waals surface area contributed by atoms with Crippen LogP contribution in [0.15, 0.2) is 18.3 Å². The molecule has 1 aromatic carbocycles. The lowest BCUT2D eigenvalue weighted by molar-refractivity contribution is -0.184. The second-order valence-corrected chi connectivity index (χ2v) is 8.94. The molecule has 0 aliphatic carbocycles. The van der Waals surface area contributed by atoms with Crippen molar-refractivity contribution in [3.8, 4) is 0 Å². The zero-order chi connectivity index (χ0) is 24.8. The van der Waals surface area contributed by atoms with Crippen molar-refractivity contribution in [3.05, 3.63) is 50.2 Å². The van der Waals surface area contributed by atoms with E-state index in [2.05, 4.69) is 9.97 Å². The molecule has 0 saturated carbocycles. The second kappa shape index (κ2) is 9.11. The Kier molecular flexibility index (Phi) is 7.13. The number of aromatic nitrogens is 2. The highest BCUT2D eigenvalue weighted by Gasteiger charge is 2.59. The van der Waals surface area contributed by atoms with Crippen LogP contribution in [0.3, 0.4) is 0 Å². The molecule has 0 spiro atoms. The summed E-state index contributed by atoms with van der Waals surface area (Å²) in [5, 5.41) is -0.452. The first-order valence-electron chi connectivity index (χ1n) is 9.55. The molecule has 33 heavy (non-hydrogen) atoms. The van der Waals surface area contributed by atoms with Gasteiger partial charge in [-0.1, -0.05) is 34.8 Å². The van der Waals surface area contributed by atoms with Gasteiger partial charge in [-0.2, -0.15) is 26.3 Å². The number of carbonyl (C=O) groups excluding carboxylic acids is 1. The van der Waals surface area contributed by atoms with Crippen LogP contribution in [0.1, 0.15) is 36.6 Å². The minimum Gasteiger partial charge on any atom is -0.340 e. The summed E-state index contributed by atoms with van der Waals surface area (Å²) in [4.78, 5) is 19.6. The van der Waals surface area contributed by atoms with E-state index in [1.807, 2.05) is 0 Å². The Labute approximate surface area is 199 Å². The molecule has 1 aliphatic rings. The lowest BCUT2D eigenvalue weighted by atomic mass is 9.79. The van der Waals surface area contributed by atoms with Gasteiger partial charge in [-0.3, -0.25) is 0 Å². The van der Waals surface area contributed by atoms with Gasteiger partial charge in [0.15, 0.2) is 5.69 Å². The number of hydrogen-bond acceptors (Lipinski definition) is 4. The van der Waals surface area contributed by atoms with E-state index >= 15 is 0 Å². The van der Waals surface area contributed by atoms with Crippen LogP contribution in [0.5, 0.6) is 0 Å². The van der Waals surface area contributed by atoms with Crippen molar-refractivity contribution >= 4 is 46.5 Å². The molecule has 0 bridgehead atoms. The van der Waals surface area contributed by atoms with E-state index < -0.39 is 42.4 Å². The molecular weight excluding hydrogens is 519 g/mol. The van der Waals surface area contributed by atoms with Gasteiger partial charge in [0.2, 0.25) is 5.95 Å². The molecule has 0 radical (unpaired) electrons. The fraction of sp³-hybridized carbons (Fsp3) is 0.450. The van der Waals surface area contributed by atoms with E-state index in [-0.39, 0.29) is 51.4 Å². The van der Waals surface area contributed by atoms with Gasteiger partial charge in [-0.25, -0.2) is 9.97 Å². The van der Waals surface area contributed by atoms with Crippen molar-refractivity contribution in [1.82, 2.24) is 9.97 Å². The Bertz CT molecular complexity index is 1050. The molecule has 1 unspecified atom stereocenters. The van der Waals surface area contributed by atoms with Crippen LogP contribution in [0.2, 0.25) is 15.1 Å². The van der Waals surface area contributed by atoms with Crippen molar-refractivity contribution in [1.29, 1.82) is 0 Å². The van der Waals surface area contributed by atoms with Crippen molar-refractivity contribution in [2.24, 2.45) is 0 Å². The van der Waals surface area contributed by atoms with Crippen molar-refractivity contribution < 1.29 is 31.1 Å². The Morgan fingerprint density at radius 3 is 2.24 bits per heavy atom. The van der Waals surface area contributed by atoms with Crippen LogP contribution in [-0.4, -0.2) is 35.0 Å². The fourth-order valence-corrected chi connectivity index (χ4v) is 4.33. The number of anilines is 1. The molecular formula is C20H16Cl3F6N3O. The zero-order valence-electron chi connectivity index (χ0n) is 16.9. The van der Waals surface area contributed by atoms with Crippen LogP contribution < -0.4 is 4.90 Å². The van der Waals surface area contributed by atoms with Crippen molar-refractivity contribution in [2.45, 2.75) is 44.0 Å². The molecule has 2 aromatic rings. The highest BCUT2D eigenvalue weighted by atomic mass is 35.5. The monoisotopic (exact) mass is 533 g/mol. The van der Waals surface area contributed by atoms with Gasteiger partial charge in [-0.05, 0) is 37.5 Å². The third-order valence-electron chi connectivity index (χ3n) is 5.50. The number of carbonyl (C=O) groups is 1.